The molecule has 0 radical (unpaired) electrons. The van der Waals surface area contributed by atoms with E-state index in [4.69, 9.17) is 9.47 Å². The number of hydrogen-bond acceptors (Lipinski definition) is 4. The minimum absolute atomic E-state index is 0.283. The Balaban J connectivity index is 2.30. The lowest BCUT2D eigenvalue weighted by Gasteiger charge is -2.06. The number of nitrogens with zero attached hydrogens (tertiary/aromatic N) is 1. The molecular weight excluding hydrogens is 204 g/mol. The van der Waals surface area contributed by atoms with Crippen LogP contribution in [0.15, 0.2) is 18.3 Å². The smallest absolute Gasteiger partial charge is 0.189 e. The molecule has 16 heavy (non-hydrogen) atoms. The second-order valence-corrected chi connectivity index (χ2v) is 3.42. The Hall–Kier alpha value is -1.13. The van der Waals surface area contributed by atoms with Crippen molar-refractivity contribution in [3.8, 4) is 5.75 Å². The molecule has 0 unspecified atom stereocenters. The summed E-state index contributed by atoms with van der Waals surface area (Å²) in [6, 6.07) is 3.87. The van der Waals surface area contributed by atoms with E-state index >= 15 is 0 Å². The lowest BCUT2D eigenvalue weighted by atomic mass is 10.3. The molecule has 0 aliphatic rings. The lowest BCUT2D eigenvalue weighted by Crippen LogP contribution is -2.14. The van der Waals surface area contributed by atoms with E-state index in [0.29, 0.717) is 6.61 Å². The summed E-state index contributed by atoms with van der Waals surface area (Å²) >= 11 is 0. The standard InChI is InChI=1S/C12H20N2O2/c1-3-7-13-8-11-5-6-12(9-14-11)16-10-15-4-2/h5-6,9,13H,3-4,7-8,10H2,1-2H3. The zero-order valence-electron chi connectivity index (χ0n) is 10.0. The van der Waals surface area contributed by atoms with Crippen molar-refractivity contribution >= 4 is 0 Å². The maximum Gasteiger partial charge on any atom is 0.189 e. The number of rotatable bonds is 8. The predicted molar refractivity (Wildman–Crippen MR) is 63.4 cm³/mol. The molecule has 4 nitrogen and oxygen atoms in total. The van der Waals surface area contributed by atoms with Crippen LogP contribution in [0.4, 0.5) is 0 Å². The van der Waals surface area contributed by atoms with E-state index in [1.807, 2.05) is 19.1 Å². The van der Waals surface area contributed by atoms with E-state index in [1.165, 1.54) is 0 Å². The summed E-state index contributed by atoms with van der Waals surface area (Å²) < 4.78 is 10.4. The van der Waals surface area contributed by atoms with Crippen LogP contribution in [-0.4, -0.2) is 24.9 Å². The highest BCUT2D eigenvalue weighted by Gasteiger charge is 1.96. The van der Waals surface area contributed by atoms with E-state index in [9.17, 15) is 0 Å². The lowest BCUT2D eigenvalue weighted by molar-refractivity contribution is 0.0222. The van der Waals surface area contributed by atoms with Crippen LogP contribution < -0.4 is 10.1 Å². The van der Waals surface area contributed by atoms with Crippen LogP contribution >= 0.6 is 0 Å². The number of aromatic nitrogens is 1. The fraction of sp³-hybridized carbons (Fsp3) is 0.583. The van der Waals surface area contributed by atoms with E-state index in [-0.39, 0.29) is 6.79 Å². The monoisotopic (exact) mass is 224 g/mol. The highest BCUT2D eigenvalue weighted by Crippen LogP contribution is 2.08. The van der Waals surface area contributed by atoms with Crippen LogP contribution in [0.1, 0.15) is 26.0 Å². The van der Waals surface area contributed by atoms with Gasteiger partial charge in [0.2, 0.25) is 0 Å². The van der Waals surface area contributed by atoms with Crippen molar-refractivity contribution in [1.29, 1.82) is 0 Å². The molecule has 0 spiro atoms. The predicted octanol–water partition coefficient (Wildman–Crippen LogP) is 1.95. The molecule has 90 valence electrons. The average molecular weight is 224 g/mol. The van der Waals surface area contributed by atoms with Gasteiger partial charge in [-0.2, -0.15) is 0 Å². The molecule has 0 aromatic carbocycles. The average Bonchev–Trinajstić information content (AvgIpc) is 2.32. The third-order valence-corrected chi connectivity index (χ3v) is 2.04. The van der Waals surface area contributed by atoms with Gasteiger partial charge in [0.1, 0.15) is 5.75 Å². The summed E-state index contributed by atoms with van der Waals surface area (Å²) in [5, 5.41) is 3.30. The van der Waals surface area contributed by atoms with E-state index in [0.717, 1.165) is 31.0 Å². The second kappa shape index (κ2) is 8.07. The van der Waals surface area contributed by atoms with E-state index < -0.39 is 0 Å². The largest absolute Gasteiger partial charge is 0.466 e. The molecule has 0 saturated carbocycles. The van der Waals surface area contributed by atoms with E-state index in [1.54, 1.807) is 6.20 Å². The van der Waals surface area contributed by atoms with Gasteiger partial charge in [0.15, 0.2) is 6.79 Å². The SMILES string of the molecule is CCCNCc1ccc(OCOCC)cn1. The van der Waals surface area contributed by atoms with Crippen LogP contribution in [0.2, 0.25) is 0 Å². The third-order valence-electron chi connectivity index (χ3n) is 2.04. The Morgan fingerprint density at radius 3 is 2.81 bits per heavy atom. The number of nitrogens with one attached hydrogen (secondary N) is 1. The molecule has 0 amide bonds. The minimum Gasteiger partial charge on any atom is -0.466 e. The summed E-state index contributed by atoms with van der Waals surface area (Å²) in [6.07, 6.45) is 2.86. The molecular formula is C12H20N2O2. The molecule has 0 fully saturated rings. The Kier molecular flexibility index (Phi) is 6.53. The van der Waals surface area contributed by atoms with Gasteiger partial charge in [0.05, 0.1) is 11.9 Å². The molecule has 0 bridgehead atoms. The van der Waals surface area contributed by atoms with Crippen molar-refractivity contribution in [2.45, 2.75) is 26.8 Å². The maximum absolute atomic E-state index is 5.32. The molecule has 4 heteroatoms. The maximum atomic E-state index is 5.32. The van der Waals surface area contributed by atoms with E-state index in [2.05, 4.69) is 17.2 Å². The summed E-state index contributed by atoms with van der Waals surface area (Å²) in [4.78, 5) is 4.29. The second-order valence-electron chi connectivity index (χ2n) is 3.42. The van der Waals surface area contributed by atoms with Gasteiger partial charge >= 0.3 is 0 Å². The van der Waals surface area contributed by atoms with Crippen LogP contribution in [0, 0.1) is 0 Å². The Bertz CT molecular complexity index is 246. The van der Waals surface area contributed by atoms with Gasteiger partial charge in [-0.15, -0.1) is 0 Å². The Labute approximate surface area is 97.0 Å². The first-order valence-corrected chi connectivity index (χ1v) is 5.73. The quantitative estimate of drug-likeness (QED) is 0.541. The van der Waals surface area contributed by atoms with Crippen LogP contribution in [0.25, 0.3) is 0 Å². The number of pyridine rings is 1. The van der Waals surface area contributed by atoms with Crippen molar-refractivity contribution in [3.63, 3.8) is 0 Å². The Morgan fingerprint density at radius 1 is 1.31 bits per heavy atom. The zero-order valence-corrected chi connectivity index (χ0v) is 10.0. The first kappa shape index (κ1) is 12.9. The third kappa shape index (κ3) is 5.09. The van der Waals surface area contributed by atoms with Crippen LogP contribution in [-0.2, 0) is 11.3 Å². The first-order chi connectivity index (χ1) is 7.86. The molecule has 0 aliphatic carbocycles. The molecule has 0 atom stereocenters. The molecule has 1 rings (SSSR count). The van der Waals surface area contributed by atoms with Gasteiger partial charge in [-0.1, -0.05) is 6.92 Å². The highest BCUT2D eigenvalue weighted by atomic mass is 16.7. The van der Waals surface area contributed by atoms with Crippen LogP contribution in [0.5, 0.6) is 5.75 Å². The molecule has 1 aromatic rings. The van der Waals surface area contributed by atoms with Crippen molar-refractivity contribution < 1.29 is 9.47 Å². The normalized spacial score (nSPS) is 10.4. The van der Waals surface area contributed by atoms with Crippen molar-refractivity contribution in [3.05, 3.63) is 24.0 Å². The number of ether oxygens (including phenoxy) is 2. The summed E-state index contributed by atoms with van der Waals surface area (Å²) in [5.74, 6) is 0.743. The fourth-order valence-electron chi connectivity index (χ4n) is 1.19. The van der Waals surface area contributed by atoms with Gasteiger partial charge in [-0.05, 0) is 32.0 Å². The number of hydrogen-bond donors (Lipinski definition) is 1. The molecule has 0 saturated heterocycles. The summed E-state index contributed by atoms with van der Waals surface area (Å²) in [7, 11) is 0. The zero-order chi connectivity index (χ0) is 11.6. The molecule has 1 aromatic heterocycles. The summed E-state index contributed by atoms with van der Waals surface area (Å²) in [6.45, 7) is 6.84. The van der Waals surface area contributed by atoms with Gasteiger partial charge in [0, 0.05) is 13.2 Å². The van der Waals surface area contributed by atoms with Crippen molar-refractivity contribution in [2.75, 3.05) is 19.9 Å². The van der Waals surface area contributed by atoms with Gasteiger partial charge < -0.3 is 14.8 Å². The molecule has 1 N–H and O–H groups in total. The van der Waals surface area contributed by atoms with Gasteiger partial charge in [-0.25, -0.2) is 0 Å². The fourth-order valence-corrected chi connectivity index (χ4v) is 1.19. The molecule has 1 heterocycles. The topological polar surface area (TPSA) is 43.4 Å². The Morgan fingerprint density at radius 2 is 2.19 bits per heavy atom. The van der Waals surface area contributed by atoms with Gasteiger partial charge in [-0.3, -0.25) is 4.98 Å². The summed E-state index contributed by atoms with van der Waals surface area (Å²) in [5.41, 5.74) is 1.03. The minimum atomic E-state index is 0.283. The molecule has 0 aliphatic heterocycles. The highest BCUT2D eigenvalue weighted by molar-refractivity contribution is 5.19. The van der Waals surface area contributed by atoms with Gasteiger partial charge in [0.25, 0.3) is 0 Å². The first-order valence-electron chi connectivity index (χ1n) is 5.73. The van der Waals surface area contributed by atoms with Crippen molar-refractivity contribution in [2.24, 2.45) is 0 Å². The van der Waals surface area contributed by atoms with Crippen molar-refractivity contribution in [1.82, 2.24) is 10.3 Å². The van der Waals surface area contributed by atoms with Crippen LogP contribution in [0.3, 0.4) is 0 Å².